The van der Waals surface area contributed by atoms with Crippen molar-refractivity contribution in [3.63, 3.8) is 0 Å². The Hall–Kier alpha value is -2.37. The second kappa shape index (κ2) is 4.01. The fourth-order valence-electron chi connectivity index (χ4n) is 1.41. The van der Waals surface area contributed by atoms with Gasteiger partial charge in [-0.25, -0.2) is 0 Å². The molecule has 0 radical (unpaired) electrons. The van der Waals surface area contributed by atoms with Crippen molar-refractivity contribution in [3.05, 3.63) is 46.3 Å². The molecule has 0 spiro atoms. The summed E-state index contributed by atoms with van der Waals surface area (Å²) in [6.07, 6.45) is 1.26. The minimum Gasteiger partial charge on any atom is -0.298 e. The second-order valence-corrected chi connectivity index (χ2v) is 3.10. The Morgan fingerprint density at radius 3 is 2.81 bits per heavy atom. The molecule has 0 bridgehead atoms. The molecule has 1 heterocycles. The molecule has 0 saturated heterocycles. The summed E-state index contributed by atoms with van der Waals surface area (Å²) in [7, 11) is 0. The van der Waals surface area contributed by atoms with Gasteiger partial charge in [-0.1, -0.05) is 35.5 Å². The smallest absolute Gasteiger partial charge is 0.252 e. The number of carbonyl (C=O) groups is 1. The number of hydroxylamine groups is 1. The van der Waals surface area contributed by atoms with Crippen LogP contribution in [-0.4, -0.2) is 12.1 Å². The highest BCUT2D eigenvalue weighted by Gasteiger charge is 2.42. The van der Waals surface area contributed by atoms with E-state index < -0.39 is 11.4 Å². The fourth-order valence-corrected chi connectivity index (χ4v) is 1.41. The quantitative estimate of drug-likeness (QED) is 0.458. The molecule has 1 atom stereocenters. The Labute approximate surface area is 90.3 Å². The average Bonchev–Trinajstić information content (AvgIpc) is 2.81. The van der Waals surface area contributed by atoms with Crippen molar-refractivity contribution in [3.8, 4) is 0 Å². The summed E-state index contributed by atoms with van der Waals surface area (Å²) >= 11 is 0. The number of nitrogens with one attached hydrogen (secondary N) is 1. The molecule has 16 heavy (non-hydrogen) atoms. The number of carbonyl (C=O) groups excluding carboxylic acids is 1. The number of amides is 1. The summed E-state index contributed by atoms with van der Waals surface area (Å²) in [5, 5.41) is 6.54. The van der Waals surface area contributed by atoms with E-state index in [1.807, 2.05) is 6.07 Å². The first kappa shape index (κ1) is 10.2. The third kappa shape index (κ3) is 1.50. The highest BCUT2D eigenvalue weighted by molar-refractivity contribution is 6.04. The van der Waals surface area contributed by atoms with Crippen LogP contribution in [0.4, 0.5) is 0 Å². The molecule has 0 aliphatic carbocycles. The number of benzene rings is 1. The summed E-state index contributed by atoms with van der Waals surface area (Å²) in [5.74, 6) is -0.720. The van der Waals surface area contributed by atoms with Gasteiger partial charge in [0.2, 0.25) is 0 Å². The molecule has 1 N–H and O–H groups in total. The van der Waals surface area contributed by atoms with Crippen LogP contribution in [0.2, 0.25) is 0 Å². The van der Waals surface area contributed by atoms with E-state index in [9.17, 15) is 4.79 Å². The first-order chi connectivity index (χ1) is 7.79. The zero-order valence-electron chi connectivity index (χ0n) is 8.07. The Morgan fingerprint density at radius 1 is 1.50 bits per heavy atom. The van der Waals surface area contributed by atoms with Crippen molar-refractivity contribution in [1.82, 2.24) is 5.48 Å². The number of oxime groups is 1. The maximum atomic E-state index is 11.7. The van der Waals surface area contributed by atoms with Crippen LogP contribution in [-0.2, 0) is 15.3 Å². The van der Waals surface area contributed by atoms with Gasteiger partial charge in [-0.2, -0.15) is 0 Å². The minimum atomic E-state index is -1.33. The molecule has 0 aromatic heterocycles. The summed E-state index contributed by atoms with van der Waals surface area (Å²) in [6.45, 7) is 0. The zero-order valence-corrected chi connectivity index (χ0v) is 8.07. The van der Waals surface area contributed by atoms with Crippen LogP contribution in [0, 0.1) is 0 Å². The highest BCUT2D eigenvalue weighted by atomic mass is 16.8. The van der Waals surface area contributed by atoms with Crippen molar-refractivity contribution in [2.75, 3.05) is 0 Å². The number of nitrogens with zero attached hydrogens (tertiary/aromatic N) is 4. The van der Waals surface area contributed by atoms with Crippen molar-refractivity contribution < 1.29 is 9.73 Å². The fraction of sp³-hybridized carbons (Fsp3) is 0.111. The number of hydrogen-bond donors (Lipinski definition) is 1. The molecule has 1 aliphatic rings. The molecule has 1 unspecified atom stereocenters. The average molecular weight is 217 g/mol. The number of hydrogen-bond acceptors (Lipinski definition) is 4. The van der Waals surface area contributed by atoms with E-state index in [1.54, 1.807) is 24.3 Å². The van der Waals surface area contributed by atoms with Gasteiger partial charge >= 0.3 is 0 Å². The number of azide groups is 1. The summed E-state index contributed by atoms with van der Waals surface area (Å²) in [6, 6.07) is 8.74. The van der Waals surface area contributed by atoms with Crippen molar-refractivity contribution >= 4 is 12.1 Å². The molecule has 1 aliphatic heterocycles. The normalized spacial score (nSPS) is 22.2. The monoisotopic (exact) mass is 217 g/mol. The van der Waals surface area contributed by atoms with Crippen molar-refractivity contribution in [2.45, 2.75) is 5.54 Å². The molecule has 1 aromatic rings. The van der Waals surface area contributed by atoms with E-state index in [2.05, 4.69) is 25.6 Å². The van der Waals surface area contributed by atoms with Crippen LogP contribution in [0.5, 0.6) is 0 Å². The van der Waals surface area contributed by atoms with Crippen LogP contribution in [0.3, 0.4) is 0 Å². The van der Waals surface area contributed by atoms with Gasteiger partial charge in [-0.15, -0.1) is 5.48 Å². The van der Waals surface area contributed by atoms with Gasteiger partial charge in [0.1, 0.15) is 0 Å². The van der Waals surface area contributed by atoms with Gasteiger partial charge in [-0.3, -0.25) is 9.73 Å². The molecule has 0 saturated carbocycles. The summed E-state index contributed by atoms with van der Waals surface area (Å²) < 4.78 is 0. The lowest BCUT2D eigenvalue weighted by Gasteiger charge is -2.20. The summed E-state index contributed by atoms with van der Waals surface area (Å²) in [4.78, 5) is 18.8. The lowest BCUT2D eigenvalue weighted by molar-refractivity contribution is -0.125. The van der Waals surface area contributed by atoms with E-state index >= 15 is 0 Å². The van der Waals surface area contributed by atoms with Crippen molar-refractivity contribution in [2.24, 2.45) is 10.3 Å². The Kier molecular flexibility index (Phi) is 2.55. The highest BCUT2D eigenvalue weighted by Crippen LogP contribution is 2.24. The minimum absolute atomic E-state index is 0.591. The van der Waals surface area contributed by atoms with Crippen LogP contribution in [0.1, 0.15) is 5.56 Å². The molecule has 80 valence electrons. The van der Waals surface area contributed by atoms with Crippen LogP contribution in [0.15, 0.2) is 40.6 Å². The molecular weight excluding hydrogens is 210 g/mol. The van der Waals surface area contributed by atoms with Gasteiger partial charge in [0.05, 0.1) is 6.21 Å². The number of rotatable bonds is 2. The van der Waals surface area contributed by atoms with E-state index in [-0.39, 0.29) is 0 Å². The van der Waals surface area contributed by atoms with E-state index in [0.717, 1.165) is 0 Å². The lowest BCUT2D eigenvalue weighted by Crippen LogP contribution is -2.45. The summed E-state index contributed by atoms with van der Waals surface area (Å²) in [5.41, 5.74) is 9.98. The lowest BCUT2D eigenvalue weighted by atomic mass is 9.91. The molecule has 7 nitrogen and oxygen atoms in total. The third-order valence-corrected chi connectivity index (χ3v) is 2.21. The Morgan fingerprint density at radius 2 is 2.25 bits per heavy atom. The van der Waals surface area contributed by atoms with E-state index in [1.165, 1.54) is 6.21 Å². The largest absolute Gasteiger partial charge is 0.298 e. The van der Waals surface area contributed by atoms with Crippen LogP contribution in [0.25, 0.3) is 10.4 Å². The first-order valence-electron chi connectivity index (χ1n) is 4.42. The molecule has 7 heteroatoms. The van der Waals surface area contributed by atoms with Crippen molar-refractivity contribution in [1.29, 1.82) is 0 Å². The topological polar surface area (TPSA) is 99.5 Å². The Bertz CT molecular complexity index is 480. The van der Waals surface area contributed by atoms with Crippen LogP contribution < -0.4 is 5.48 Å². The van der Waals surface area contributed by atoms with Crippen LogP contribution >= 0.6 is 0 Å². The maximum Gasteiger partial charge on any atom is 0.252 e. The zero-order chi connectivity index (χ0) is 11.4. The Balaban J connectivity index is 2.49. The molecule has 2 rings (SSSR count). The van der Waals surface area contributed by atoms with Gasteiger partial charge in [-0.05, 0) is 16.2 Å². The third-order valence-electron chi connectivity index (χ3n) is 2.21. The predicted octanol–water partition coefficient (Wildman–Crippen LogP) is 1.24. The maximum absolute atomic E-state index is 11.7. The molecular formula is C9H7N5O2. The van der Waals surface area contributed by atoms with Gasteiger partial charge in [0.15, 0.2) is 5.54 Å². The molecule has 0 fully saturated rings. The SMILES string of the molecule is [N-]=[N+]=NC(=O)C1(c2ccccc2)C=NON1. The van der Waals surface area contributed by atoms with Gasteiger partial charge in [0.25, 0.3) is 5.91 Å². The van der Waals surface area contributed by atoms with E-state index in [4.69, 9.17) is 5.53 Å². The predicted molar refractivity (Wildman–Crippen MR) is 55.0 cm³/mol. The second-order valence-electron chi connectivity index (χ2n) is 3.10. The van der Waals surface area contributed by atoms with Gasteiger partial charge < -0.3 is 0 Å². The molecule has 1 amide bonds. The van der Waals surface area contributed by atoms with E-state index in [0.29, 0.717) is 5.56 Å². The van der Waals surface area contributed by atoms with Gasteiger partial charge in [0, 0.05) is 4.91 Å². The molecule has 1 aromatic carbocycles. The standard InChI is InChI=1S/C9H7N5O2/c10-14-12-8(15)9(6-11-16-13-9)7-4-2-1-3-5-7/h1-6,13H. The first-order valence-corrected chi connectivity index (χ1v) is 4.42.